The van der Waals surface area contributed by atoms with Crippen molar-refractivity contribution in [2.24, 2.45) is 0 Å². The average molecular weight is 208 g/mol. The maximum atomic E-state index is 11.7. The standard InChI is InChI=1S/C10H16N4O/c1-7(8-5-12-13-6-8)14-10(15)9-3-2-4-11-9/h5-7,9,11H,2-4H2,1H3,(H,12,13)(H,14,15). The van der Waals surface area contributed by atoms with Crippen molar-refractivity contribution in [3.05, 3.63) is 18.0 Å². The molecule has 0 radical (unpaired) electrons. The summed E-state index contributed by atoms with van der Waals surface area (Å²) in [4.78, 5) is 11.7. The minimum atomic E-state index is -0.0145. The Bertz CT molecular complexity index is 316. The Balaban J connectivity index is 1.88. The number of carbonyl (C=O) groups excluding carboxylic acids is 1. The highest BCUT2D eigenvalue weighted by atomic mass is 16.2. The molecule has 1 aliphatic rings. The van der Waals surface area contributed by atoms with Gasteiger partial charge < -0.3 is 10.6 Å². The third-order valence-corrected chi connectivity index (χ3v) is 2.75. The minimum absolute atomic E-state index is 0.0126. The van der Waals surface area contributed by atoms with Gasteiger partial charge >= 0.3 is 0 Å². The second kappa shape index (κ2) is 4.44. The van der Waals surface area contributed by atoms with Gasteiger partial charge in [-0.2, -0.15) is 5.10 Å². The van der Waals surface area contributed by atoms with Crippen LogP contribution >= 0.6 is 0 Å². The van der Waals surface area contributed by atoms with Crippen molar-refractivity contribution in [2.75, 3.05) is 6.54 Å². The second-order valence-electron chi connectivity index (χ2n) is 3.91. The fourth-order valence-corrected chi connectivity index (χ4v) is 1.80. The molecule has 0 spiro atoms. The molecule has 2 heterocycles. The largest absolute Gasteiger partial charge is 0.348 e. The number of H-pyrrole nitrogens is 1. The van der Waals surface area contributed by atoms with Crippen molar-refractivity contribution >= 4 is 5.91 Å². The lowest BCUT2D eigenvalue weighted by molar-refractivity contribution is -0.123. The van der Waals surface area contributed by atoms with Crippen LogP contribution in [0.1, 0.15) is 31.4 Å². The Labute approximate surface area is 88.6 Å². The summed E-state index contributed by atoms with van der Waals surface area (Å²) in [6.07, 6.45) is 5.54. The Kier molecular flexibility index (Phi) is 3.01. The summed E-state index contributed by atoms with van der Waals surface area (Å²) in [5.41, 5.74) is 1.00. The Morgan fingerprint density at radius 1 is 1.73 bits per heavy atom. The van der Waals surface area contributed by atoms with Crippen LogP contribution in [0.25, 0.3) is 0 Å². The molecule has 0 aromatic carbocycles. The van der Waals surface area contributed by atoms with E-state index < -0.39 is 0 Å². The first kappa shape index (κ1) is 10.2. The molecule has 5 nitrogen and oxygen atoms in total. The van der Waals surface area contributed by atoms with Gasteiger partial charge in [-0.15, -0.1) is 0 Å². The van der Waals surface area contributed by atoms with Gasteiger partial charge in [0, 0.05) is 11.8 Å². The van der Waals surface area contributed by atoms with Gasteiger partial charge in [-0.3, -0.25) is 9.89 Å². The summed E-state index contributed by atoms with van der Waals surface area (Å²) in [6.45, 7) is 2.90. The molecule has 2 unspecified atom stereocenters. The molecule has 1 aromatic heterocycles. The Morgan fingerprint density at radius 2 is 2.60 bits per heavy atom. The summed E-state index contributed by atoms with van der Waals surface area (Å²) < 4.78 is 0. The van der Waals surface area contributed by atoms with Crippen LogP contribution in [-0.2, 0) is 4.79 Å². The first-order valence-corrected chi connectivity index (χ1v) is 5.30. The molecule has 0 aliphatic carbocycles. The molecule has 2 rings (SSSR count). The fourth-order valence-electron chi connectivity index (χ4n) is 1.80. The van der Waals surface area contributed by atoms with Crippen LogP contribution < -0.4 is 10.6 Å². The van der Waals surface area contributed by atoms with E-state index in [0.717, 1.165) is 24.9 Å². The first-order chi connectivity index (χ1) is 7.27. The molecular formula is C10H16N4O. The van der Waals surface area contributed by atoms with Crippen LogP contribution in [-0.4, -0.2) is 28.7 Å². The van der Waals surface area contributed by atoms with E-state index in [2.05, 4.69) is 20.8 Å². The predicted octanol–water partition coefficient (Wildman–Crippen LogP) is 0.339. The van der Waals surface area contributed by atoms with Gasteiger partial charge in [0.2, 0.25) is 5.91 Å². The van der Waals surface area contributed by atoms with Gasteiger partial charge in [0.15, 0.2) is 0 Å². The van der Waals surface area contributed by atoms with Gasteiger partial charge in [0.05, 0.1) is 18.3 Å². The second-order valence-corrected chi connectivity index (χ2v) is 3.91. The lowest BCUT2D eigenvalue weighted by Gasteiger charge is -2.15. The van der Waals surface area contributed by atoms with Crippen molar-refractivity contribution in [1.29, 1.82) is 0 Å². The number of rotatable bonds is 3. The zero-order valence-corrected chi connectivity index (χ0v) is 8.79. The molecule has 0 saturated carbocycles. The van der Waals surface area contributed by atoms with Crippen LogP contribution in [0.5, 0.6) is 0 Å². The van der Waals surface area contributed by atoms with Gasteiger partial charge in [-0.05, 0) is 26.3 Å². The number of hydrogen-bond donors (Lipinski definition) is 3. The van der Waals surface area contributed by atoms with Crippen LogP contribution in [0.3, 0.4) is 0 Å². The third kappa shape index (κ3) is 2.36. The Morgan fingerprint density at radius 3 is 3.20 bits per heavy atom. The van der Waals surface area contributed by atoms with Crippen LogP contribution in [0.4, 0.5) is 0 Å². The minimum Gasteiger partial charge on any atom is -0.348 e. The number of amides is 1. The molecule has 2 atom stereocenters. The first-order valence-electron chi connectivity index (χ1n) is 5.30. The molecule has 1 aromatic rings. The van der Waals surface area contributed by atoms with Gasteiger partial charge in [-0.1, -0.05) is 0 Å². The zero-order valence-electron chi connectivity index (χ0n) is 8.79. The smallest absolute Gasteiger partial charge is 0.237 e. The van der Waals surface area contributed by atoms with E-state index in [9.17, 15) is 4.79 Å². The fraction of sp³-hybridized carbons (Fsp3) is 0.600. The van der Waals surface area contributed by atoms with E-state index >= 15 is 0 Å². The highest BCUT2D eigenvalue weighted by Gasteiger charge is 2.23. The lowest BCUT2D eigenvalue weighted by Crippen LogP contribution is -2.41. The van der Waals surface area contributed by atoms with Crippen molar-refractivity contribution < 1.29 is 4.79 Å². The molecule has 0 bridgehead atoms. The van der Waals surface area contributed by atoms with Crippen LogP contribution in [0.15, 0.2) is 12.4 Å². The van der Waals surface area contributed by atoms with Gasteiger partial charge in [0.1, 0.15) is 0 Å². The topological polar surface area (TPSA) is 69.8 Å². The van der Waals surface area contributed by atoms with Crippen molar-refractivity contribution in [2.45, 2.75) is 31.8 Å². The monoisotopic (exact) mass is 208 g/mol. The Hall–Kier alpha value is -1.36. The molecular weight excluding hydrogens is 192 g/mol. The number of nitrogens with zero attached hydrogens (tertiary/aromatic N) is 1. The molecule has 15 heavy (non-hydrogen) atoms. The molecule has 5 heteroatoms. The van der Waals surface area contributed by atoms with E-state index in [4.69, 9.17) is 0 Å². The molecule has 1 amide bonds. The maximum Gasteiger partial charge on any atom is 0.237 e. The molecule has 1 aliphatic heterocycles. The predicted molar refractivity (Wildman–Crippen MR) is 56.2 cm³/mol. The van der Waals surface area contributed by atoms with E-state index in [-0.39, 0.29) is 18.0 Å². The molecule has 1 fully saturated rings. The summed E-state index contributed by atoms with van der Waals surface area (Å²) in [7, 11) is 0. The van der Waals surface area contributed by atoms with Crippen LogP contribution in [0, 0.1) is 0 Å². The van der Waals surface area contributed by atoms with Crippen molar-refractivity contribution in [3.8, 4) is 0 Å². The number of aromatic nitrogens is 2. The molecule has 82 valence electrons. The number of carbonyl (C=O) groups is 1. The van der Waals surface area contributed by atoms with E-state index in [0.29, 0.717) is 0 Å². The summed E-state index contributed by atoms with van der Waals surface area (Å²) in [5, 5.41) is 12.7. The van der Waals surface area contributed by atoms with E-state index in [1.165, 1.54) is 0 Å². The van der Waals surface area contributed by atoms with Gasteiger partial charge in [0.25, 0.3) is 0 Å². The average Bonchev–Trinajstić information content (AvgIpc) is 2.91. The summed E-state index contributed by atoms with van der Waals surface area (Å²) in [6, 6.07) is -0.00185. The maximum absolute atomic E-state index is 11.7. The van der Waals surface area contributed by atoms with Crippen molar-refractivity contribution in [1.82, 2.24) is 20.8 Å². The zero-order chi connectivity index (χ0) is 10.7. The molecule has 1 saturated heterocycles. The molecule has 3 N–H and O–H groups in total. The van der Waals surface area contributed by atoms with Crippen molar-refractivity contribution in [3.63, 3.8) is 0 Å². The summed E-state index contributed by atoms with van der Waals surface area (Å²) in [5.74, 6) is 0.0844. The van der Waals surface area contributed by atoms with Crippen LogP contribution in [0.2, 0.25) is 0 Å². The third-order valence-electron chi connectivity index (χ3n) is 2.75. The quantitative estimate of drug-likeness (QED) is 0.671. The highest BCUT2D eigenvalue weighted by molar-refractivity contribution is 5.82. The normalized spacial score (nSPS) is 22.6. The number of aromatic amines is 1. The van der Waals surface area contributed by atoms with E-state index in [1.807, 2.05) is 6.92 Å². The lowest BCUT2D eigenvalue weighted by atomic mass is 10.1. The van der Waals surface area contributed by atoms with E-state index in [1.54, 1.807) is 12.4 Å². The SMILES string of the molecule is CC(NC(=O)C1CCCN1)c1cn[nH]c1. The number of hydrogen-bond acceptors (Lipinski definition) is 3. The highest BCUT2D eigenvalue weighted by Crippen LogP contribution is 2.11. The van der Waals surface area contributed by atoms with Gasteiger partial charge in [-0.25, -0.2) is 0 Å². The summed E-state index contributed by atoms with van der Waals surface area (Å²) >= 11 is 0. The number of nitrogens with one attached hydrogen (secondary N) is 3.